The third-order valence-electron chi connectivity index (χ3n) is 1.78. The van der Waals surface area contributed by atoms with Crippen LogP contribution in [0.4, 0.5) is 8.78 Å². The van der Waals surface area contributed by atoms with Gasteiger partial charge in [0.1, 0.15) is 0 Å². The highest BCUT2D eigenvalue weighted by atomic mass is 19.3. The predicted molar refractivity (Wildman–Crippen MR) is 36.7 cm³/mol. The summed E-state index contributed by atoms with van der Waals surface area (Å²) in [6, 6.07) is 0. The van der Waals surface area contributed by atoms with Crippen LogP contribution in [0.3, 0.4) is 0 Å². The second-order valence-corrected chi connectivity index (χ2v) is 2.73. The Morgan fingerprint density at radius 1 is 1.36 bits per heavy atom. The number of carbonyl (C=O) groups is 1. The topological polar surface area (TPSA) is 29.1 Å². The molecule has 0 spiro atoms. The van der Waals surface area contributed by atoms with Gasteiger partial charge in [0, 0.05) is 19.4 Å². The molecule has 11 heavy (non-hydrogen) atoms. The second kappa shape index (κ2) is 3.26. The summed E-state index contributed by atoms with van der Waals surface area (Å²) in [5, 5.41) is 2.90. The molecule has 0 atom stereocenters. The molecule has 2 nitrogen and oxygen atoms in total. The van der Waals surface area contributed by atoms with Gasteiger partial charge in [0.2, 0.25) is 5.78 Å². The number of rotatable bonds is 0. The number of alkyl halides is 2. The van der Waals surface area contributed by atoms with Crippen LogP contribution in [0.5, 0.6) is 0 Å². The third-order valence-corrected chi connectivity index (χ3v) is 1.78. The fourth-order valence-electron chi connectivity index (χ4n) is 1.08. The Morgan fingerprint density at radius 2 is 2.09 bits per heavy atom. The van der Waals surface area contributed by atoms with E-state index in [-0.39, 0.29) is 12.8 Å². The van der Waals surface area contributed by atoms with Crippen molar-refractivity contribution in [1.29, 1.82) is 0 Å². The summed E-state index contributed by atoms with van der Waals surface area (Å²) in [6.45, 7) is 0.970. The van der Waals surface area contributed by atoms with E-state index in [1.807, 2.05) is 0 Å². The lowest BCUT2D eigenvalue weighted by molar-refractivity contribution is -0.144. The molecule has 0 radical (unpaired) electrons. The van der Waals surface area contributed by atoms with Gasteiger partial charge in [-0.25, -0.2) is 0 Å². The van der Waals surface area contributed by atoms with Crippen LogP contribution in [-0.2, 0) is 4.79 Å². The first kappa shape index (κ1) is 8.59. The van der Waals surface area contributed by atoms with E-state index < -0.39 is 11.7 Å². The van der Waals surface area contributed by atoms with Gasteiger partial charge in [-0.1, -0.05) is 0 Å². The molecule has 1 aliphatic heterocycles. The van der Waals surface area contributed by atoms with Gasteiger partial charge in [0.05, 0.1) is 0 Å². The van der Waals surface area contributed by atoms with Crippen molar-refractivity contribution < 1.29 is 13.6 Å². The maximum absolute atomic E-state index is 12.7. The monoisotopic (exact) mass is 163 g/mol. The van der Waals surface area contributed by atoms with Crippen LogP contribution >= 0.6 is 0 Å². The Balaban J connectivity index is 2.54. The second-order valence-electron chi connectivity index (χ2n) is 2.73. The first-order valence-electron chi connectivity index (χ1n) is 3.75. The molecular weight excluding hydrogens is 152 g/mol. The van der Waals surface area contributed by atoms with E-state index in [0.29, 0.717) is 19.5 Å². The number of nitrogens with one attached hydrogen (secondary N) is 1. The van der Waals surface area contributed by atoms with E-state index in [1.54, 1.807) is 0 Å². The van der Waals surface area contributed by atoms with Crippen LogP contribution in [0.2, 0.25) is 0 Å². The van der Waals surface area contributed by atoms with Crippen LogP contribution in [-0.4, -0.2) is 24.8 Å². The van der Waals surface area contributed by atoms with Gasteiger partial charge in [-0.15, -0.1) is 0 Å². The molecule has 0 aromatic rings. The molecule has 1 N–H and O–H groups in total. The quantitative estimate of drug-likeness (QED) is 0.576. The van der Waals surface area contributed by atoms with Gasteiger partial charge in [-0.2, -0.15) is 8.78 Å². The first-order chi connectivity index (χ1) is 5.13. The number of hydrogen-bond acceptors (Lipinski definition) is 2. The van der Waals surface area contributed by atoms with Gasteiger partial charge in [-0.05, 0) is 13.0 Å². The third kappa shape index (κ3) is 2.22. The fourth-order valence-corrected chi connectivity index (χ4v) is 1.08. The number of ketones is 1. The smallest absolute Gasteiger partial charge is 0.305 e. The van der Waals surface area contributed by atoms with E-state index in [1.165, 1.54) is 0 Å². The Labute approximate surface area is 64.0 Å². The highest BCUT2D eigenvalue weighted by Crippen LogP contribution is 2.23. The lowest BCUT2D eigenvalue weighted by atomic mass is 10.0. The normalized spacial score (nSPS) is 25.8. The van der Waals surface area contributed by atoms with E-state index in [4.69, 9.17) is 0 Å². The van der Waals surface area contributed by atoms with Crippen LogP contribution in [0.25, 0.3) is 0 Å². The Hall–Kier alpha value is -0.510. The molecule has 0 aliphatic carbocycles. The number of halogens is 2. The Kier molecular flexibility index (Phi) is 2.54. The van der Waals surface area contributed by atoms with E-state index >= 15 is 0 Å². The largest absolute Gasteiger partial charge is 0.316 e. The molecule has 4 heteroatoms. The van der Waals surface area contributed by atoms with Crippen molar-refractivity contribution in [3.8, 4) is 0 Å². The number of hydrogen-bond donors (Lipinski definition) is 1. The fraction of sp³-hybridized carbons (Fsp3) is 0.857. The lowest BCUT2D eigenvalue weighted by Crippen LogP contribution is -2.35. The van der Waals surface area contributed by atoms with Gasteiger partial charge < -0.3 is 5.32 Å². The highest BCUT2D eigenvalue weighted by molar-refractivity contribution is 5.85. The number of Topliss-reactive ketones (excluding diaryl/α,β-unsaturated/α-hetero) is 1. The molecule has 1 rings (SSSR count). The van der Waals surface area contributed by atoms with Crippen LogP contribution in [0, 0.1) is 0 Å². The summed E-state index contributed by atoms with van der Waals surface area (Å²) in [5.74, 6) is -3.99. The predicted octanol–water partition coefficient (Wildman–Crippen LogP) is 0.964. The molecule has 0 unspecified atom stereocenters. The van der Waals surface area contributed by atoms with Crippen LogP contribution in [0.15, 0.2) is 0 Å². The minimum atomic E-state index is -3.07. The van der Waals surface area contributed by atoms with E-state index in [0.717, 1.165) is 0 Å². The minimum Gasteiger partial charge on any atom is -0.316 e. The Bertz CT molecular complexity index is 159. The molecular formula is C7H11F2NO. The zero-order valence-corrected chi connectivity index (χ0v) is 6.20. The maximum Gasteiger partial charge on any atom is 0.305 e. The average molecular weight is 163 g/mol. The van der Waals surface area contributed by atoms with Crippen LogP contribution in [0.1, 0.15) is 19.3 Å². The molecule has 1 aliphatic rings. The maximum atomic E-state index is 12.7. The summed E-state index contributed by atoms with van der Waals surface area (Å²) in [6.07, 6.45) is 0.0184. The molecule has 0 aromatic heterocycles. The van der Waals surface area contributed by atoms with Crippen molar-refractivity contribution in [3.05, 3.63) is 0 Å². The molecule has 0 amide bonds. The van der Waals surface area contributed by atoms with Crippen molar-refractivity contribution in [3.63, 3.8) is 0 Å². The van der Waals surface area contributed by atoms with Crippen LogP contribution < -0.4 is 5.32 Å². The molecule has 1 heterocycles. The van der Waals surface area contributed by atoms with Gasteiger partial charge in [-0.3, -0.25) is 4.79 Å². The van der Waals surface area contributed by atoms with Gasteiger partial charge in [0.25, 0.3) is 0 Å². The van der Waals surface area contributed by atoms with E-state index in [2.05, 4.69) is 5.32 Å². The molecule has 0 aromatic carbocycles. The SMILES string of the molecule is O=C1CCNCCCC1(F)F. The van der Waals surface area contributed by atoms with Gasteiger partial charge >= 0.3 is 5.92 Å². The minimum absolute atomic E-state index is 0.0486. The molecule has 0 bridgehead atoms. The summed E-state index contributed by atoms with van der Waals surface area (Å²) in [4.78, 5) is 10.7. The molecule has 1 saturated heterocycles. The van der Waals surface area contributed by atoms with Crippen molar-refractivity contribution in [2.24, 2.45) is 0 Å². The van der Waals surface area contributed by atoms with Crippen molar-refractivity contribution >= 4 is 5.78 Å². The van der Waals surface area contributed by atoms with Crippen molar-refractivity contribution in [1.82, 2.24) is 5.32 Å². The Morgan fingerprint density at radius 3 is 2.82 bits per heavy atom. The van der Waals surface area contributed by atoms with Crippen molar-refractivity contribution in [2.45, 2.75) is 25.2 Å². The zero-order chi connectivity index (χ0) is 8.32. The molecule has 64 valence electrons. The first-order valence-corrected chi connectivity index (χ1v) is 3.75. The molecule has 0 saturated carbocycles. The average Bonchev–Trinajstić information content (AvgIpc) is 1.93. The number of carbonyl (C=O) groups excluding carboxylic acids is 1. The van der Waals surface area contributed by atoms with Crippen molar-refractivity contribution in [2.75, 3.05) is 13.1 Å². The van der Waals surface area contributed by atoms with E-state index in [9.17, 15) is 13.6 Å². The van der Waals surface area contributed by atoms with Gasteiger partial charge in [0.15, 0.2) is 0 Å². The summed E-state index contributed by atoms with van der Waals surface area (Å²) in [7, 11) is 0. The molecule has 1 fully saturated rings. The zero-order valence-electron chi connectivity index (χ0n) is 6.20. The summed E-state index contributed by atoms with van der Waals surface area (Å²) >= 11 is 0. The lowest BCUT2D eigenvalue weighted by Gasteiger charge is -2.17. The summed E-state index contributed by atoms with van der Waals surface area (Å²) < 4.78 is 25.3. The standard InChI is InChI=1S/C7H11F2NO/c8-7(9)3-1-4-10-5-2-6(7)11/h10H,1-5H2. The highest BCUT2D eigenvalue weighted by Gasteiger charge is 2.37. The summed E-state index contributed by atoms with van der Waals surface area (Å²) in [5.41, 5.74) is 0.